The van der Waals surface area contributed by atoms with Gasteiger partial charge >= 0.3 is 0 Å². The molecule has 2 aromatic carbocycles. The van der Waals surface area contributed by atoms with E-state index in [1.807, 2.05) is 42.5 Å². The highest BCUT2D eigenvalue weighted by Gasteiger charge is 2.51. The predicted molar refractivity (Wildman–Crippen MR) is 135 cm³/mol. The normalized spacial score (nSPS) is 23.3. The van der Waals surface area contributed by atoms with Crippen LogP contribution in [0.15, 0.2) is 42.5 Å². The Morgan fingerprint density at radius 1 is 1.03 bits per heavy atom. The smallest absolute Gasteiger partial charge is 0.249 e. The lowest BCUT2D eigenvalue weighted by atomic mass is 9.81. The molecule has 6 nitrogen and oxygen atoms in total. The highest BCUT2D eigenvalue weighted by molar-refractivity contribution is 6.31. The summed E-state index contributed by atoms with van der Waals surface area (Å²) in [7, 11) is 0. The van der Waals surface area contributed by atoms with E-state index in [9.17, 15) is 9.59 Å². The number of benzene rings is 2. The van der Waals surface area contributed by atoms with E-state index in [1.165, 1.54) is 6.42 Å². The van der Waals surface area contributed by atoms with E-state index < -0.39 is 5.54 Å². The van der Waals surface area contributed by atoms with E-state index in [1.54, 1.807) is 0 Å². The lowest BCUT2D eigenvalue weighted by Gasteiger charge is -2.44. The van der Waals surface area contributed by atoms with Crippen LogP contribution in [0.25, 0.3) is 0 Å². The van der Waals surface area contributed by atoms with Crippen molar-refractivity contribution in [1.29, 1.82) is 0 Å². The van der Waals surface area contributed by atoms with Crippen LogP contribution >= 0.6 is 23.2 Å². The van der Waals surface area contributed by atoms with E-state index >= 15 is 0 Å². The zero-order valence-corrected chi connectivity index (χ0v) is 20.6. The average Bonchev–Trinajstić information content (AvgIpc) is 3.06. The van der Waals surface area contributed by atoms with Gasteiger partial charge in [-0.25, -0.2) is 0 Å². The van der Waals surface area contributed by atoms with Crippen molar-refractivity contribution in [2.45, 2.75) is 56.1 Å². The van der Waals surface area contributed by atoms with Crippen molar-refractivity contribution in [3.8, 4) is 0 Å². The summed E-state index contributed by atoms with van der Waals surface area (Å²) >= 11 is 12.5. The molecule has 2 aromatic rings. The van der Waals surface area contributed by atoms with Crippen LogP contribution in [0, 0.1) is 0 Å². The molecule has 1 atom stereocenters. The van der Waals surface area contributed by atoms with Gasteiger partial charge in [-0.15, -0.1) is 0 Å². The molecule has 0 bridgehead atoms. The van der Waals surface area contributed by atoms with Gasteiger partial charge in [0.15, 0.2) is 0 Å². The number of rotatable bonds is 7. The third kappa shape index (κ3) is 4.69. The molecule has 180 valence electrons. The van der Waals surface area contributed by atoms with Crippen LogP contribution in [-0.2, 0) is 21.5 Å². The second-order valence-electron chi connectivity index (χ2n) is 9.65. The van der Waals surface area contributed by atoms with Crippen LogP contribution in [0.3, 0.4) is 0 Å². The van der Waals surface area contributed by atoms with Gasteiger partial charge in [0.05, 0.1) is 6.54 Å². The van der Waals surface area contributed by atoms with Crippen molar-refractivity contribution in [3.63, 3.8) is 0 Å². The summed E-state index contributed by atoms with van der Waals surface area (Å²) in [6.07, 6.45) is 5.64. The molecule has 1 unspecified atom stereocenters. The zero-order valence-electron chi connectivity index (χ0n) is 19.1. The van der Waals surface area contributed by atoms with Gasteiger partial charge in [-0.05, 0) is 61.9 Å². The van der Waals surface area contributed by atoms with Crippen molar-refractivity contribution >= 4 is 40.7 Å². The maximum absolute atomic E-state index is 13.6. The minimum atomic E-state index is -0.822. The topological polar surface area (TPSA) is 73.5 Å². The Morgan fingerprint density at radius 2 is 1.79 bits per heavy atom. The van der Waals surface area contributed by atoms with Crippen LogP contribution in [0.5, 0.6) is 0 Å². The molecular formula is C26H30Cl2N4O2. The number of amides is 2. The highest BCUT2D eigenvalue weighted by atomic mass is 35.5. The molecule has 2 amide bonds. The Balaban J connectivity index is 1.32. The molecule has 3 aliphatic rings. The largest absolute Gasteiger partial charge is 0.352 e. The summed E-state index contributed by atoms with van der Waals surface area (Å²) in [6, 6.07) is 14.0. The number of nitrogens with one attached hydrogen (secondary N) is 3. The molecular weight excluding hydrogens is 471 g/mol. The lowest BCUT2D eigenvalue weighted by molar-refractivity contribution is -0.129. The van der Waals surface area contributed by atoms with Crippen molar-refractivity contribution in [1.82, 2.24) is 15.5 Å². The van der Waals surface area contributed by atoms with Crippen molar-refractivity contribution in [3.05, 3.63) is 63.6 Å². The Bertz CT molecular complexity index is 1080. The van der Waals surface area contributed by atoms with Gasteiger partial charge in [0.1, 0.15) is 5.54 Å². The minimum absolute atomic E-state index is 0.0315. The third-order valence-corrected chi connectivity index (χ3v) is 7.93. The second-order valence-corrected chi connectivity index (χ2v) is 10.5. The summed E-state index contributed by atoms with van der Waals surface area (Å²) in [5.41, 5.74) is 1.91. The number of fused-ring (bicyclic) bond motifs is 1. The van der Waals surface area contributed by atoms with Gasteiger partial charge in [-0.1, -0.05) is 41.4 Å². The molecule has 34 heavy (non-hydrogen) atoms. The SMILES string of the molecule is O=C(CNC1CCN(C2(Cc3cccc(Cl)c3)C(=O)Nc3cc(Cl)ccc32)CC1)NC1CCC1. The first-order valence-electron chi connectivity index (χ1n) is 12.1. The van der Waals surface area contributed by atoms with Crippen molar-refractivity contribution < 1.29 is 9.59 Å². The van der Waals surface area contributed by atoms with E-state index in [0.717, 1.165) is 55.6 Å². The summed E-state index contributed by atoms with van der Waals surface area (Å²) in [4.78, 5) is 28.1. The Morgan fingerprint density at radius 3 is 2.50 bits per heavy atom. The quantitative estimate of drug-likeness (QED) is 0.534. The molecule has 5 rings (SSSR count). The maximum Gasteiger partial charge on any atom is 0.249 e. The molecule has 8 heteroatoms. The van der Waals surface area contributed by atoms with Crippen molar-refractivity contribution in [2.75, 3.05) is 25.0 Å². The zero-order chi connectivity index (χ0) is 23.7. The molecule has 0 spiro atoms. The van der Waals surface area contributed by atoms with Gasteiger partial charge in [-0.2, -0.15) is 0 Å². The molecule has 2 heterocycles. The summed E-state index contributed by atoms with van der Waals surface area (Å²) in [5.74, 6) is 0.0431. The number of carbonyl (C=O) groups is 2. The van der Waals surface area contributed by atoms with Gasteiger partial charge in [0.25, 0.3) is 0 Å². The van der Waals surface area contributed by atoms with Crippen LogP contribution in [0.2, 0.25) is 10.0 Å². The number of hydrogen-bond acceptors (Lipinski definition) is 4. The molecule has 2 fully saturated rings. The fourth-order valence-electron chi connectivity index (χ4n) is 5.41. The molecule has 2 aliphatic heterocycles. The standard InChI is InChI=1S/C26H30Cl2N4O2/c27-18-4-1-3-17(13-18)15-26(22-8-7-19(28)14-23(22)31-25(26)34)32-11-9-20(10-12-32)29-16-24(33)30-21-5-2-6-21/h1,3-4,7-8,13-14,20-21,29H,2,5-6,9-12,15-16H2,(H,30,33)(H,31,34). The van der Waals surface area contributed by atoms with Crippen LogP contribution in [0.4, 0.5) is 5.69 Å². The molecule has 1 saturated carbocycles. The second kappa shape index (κ2) is 9.86. The number of hydrogen-bond donors (Lipinski definition) is 3. The van der Waals surface area contributed by atoms with E-state index in [-0.39, 0.29) is 17.9 Å². The van der Waals surface area contributed by atoms with Crippen molar-refractivity contribution in [2.24, 2.45) is 0 Å². The van der Waals surface area contributed by atoms with Gasteiger partial charge in [-0.3, -0.25) is 14.5 Å². The first-order chi connectivity index (χ1) is 16.4. The number of carbonyl (C=O) groups excluding carboxylic acids is 2. The lowest BCUT2D eigenvalue weighted by Crippen LogP contribution is -2.57. The Kier molecular flexibility index (Phi) is 6.85. The molecule has 0 radical (unpaired) electrons. The Labute approximate surface area is 210 Å². The van der Waals surface area contributed by atoms with Crippen LogP contribution < -0.4 is 16.0 Å². The van der Waals surface area contributed by atoms with E-state index in [0.29, 0.717) is 29.1 Å². The van der Waals surface area contributed by atoms with Gasteiger partial charge < -0.3 is 16.0 Å². The fraction of sp³-hybridized carbons (Fsp3) is 0.462. The average molecular weight is 501 g/mol. The summed E-state index contributed by atoms with van der Waals surface area (Å²) in [5, 5.41) is 10.8. The maximum atomic E-state index is 13.6. The predicted octanol–water partition coefficient (Wildman–Crippen LogP) is 4.11. The summed E-state index contributed by atoms with van der Waals surface area (Å²) < 4.78 is 0. The number of anilines is 1. The van der Waals surface area contributed by atoms with Crippen LogP contribution in [-0.4, -0.2) is 48.4 Å². The molecule has 1 saturated heterocycles. The minimum Gasteiger partial charge on any atom is -0.352 e. The number of piperidine rings is 1. The molecule has 1 aliphatic carbocycles. The van der Waals surface area contributed by atoms with Crippen LogP contribution in [0.1, 0.15) is 43.2 Å². The summed E-state index contributed by atoms with van der Waals surface area (Å²) in [6.45, 7) is 1.84. The van der Waals surface area contributed by atoms with E-state index in [2.05, 4.69) is 20.9 Å². The molecule has 0 aromatic heterocycles. The number of halogens is 2. The number of likely N-dealkylation sites (tertiary alicyclic amines) is 1. The number of nitrogens with zero attached hydrogens (tertiary/aromatic N) is 1. The van der Waals surface area contributed by atoms with Gasteiger partial charge in [0.2, 0.25) is 11.8 Å². The first kappa shape index (κ1) is 23.6. The first-order valence-corrected chi connectivity index (χ1v) is 12.8. The van der Waals surface area contributed by atoms with E-state index in [4.69, 9.17) is 23.2 Å². The monoisotopic (exact) mass is 500 g/mol. The third-order valence-electron chi connectivity index (χ3n) is 7.46. The fourth-order valence-corrected chi connectivity index (χ4v) is 5.79. The van der Waals surface area contributed by atoms with Gasteiger partial charge in [0, 0.05) is 52.9 Å². The molecule has 3 N–H and O–H groups in total. The highest BCUT2D eigenvalue weighted by Crippen LogP contribution is 2.45. The Hall–Kier alpha value is -2.12.